The second kappa shape index (κ2) is 7.93. The lowest BCUT2D eigenvalue weighted by molar-refractivity contribution is -0.120. The fourth-order valence-corrected chi connectivity index (χ4v) is 2.94. The maximum atomic E-state index is 12.4. The molecule has 26 heavy (non-hydrogen) atoms. The molecule has 6 nitrogen and oxygen atoms in total. The van der Waals surface area contributed by atoms with E-state index >= 15 is 0 Å². The summed E-state index contributed by atoms with van der Waals surface area (Å²) in [6.45, 7) is 1.28. The lowest BCUT2D eigenvalue weighted by Crippen LogP contribution is -2.26. The van der Waals surface area contributed by atoms with E-state index in [0.717, 1.165) is 12.1 Å². The Bertz CT molecular complexity index is 979. The van der Waals surface area contributed by atoms with Crippen LogP contribution in [0.1, 0.15) is 16.8 Å². The molecule has 0 radical (unpaired) electrons. The Labute approximate surface area is 151 Å². The summed E-state index contributed by atoms with van der Waals surface area (Å²) in [5.74, 6) is -0.130. The smallest absolute Gasteiger partial charge is 0.272 e. The summed E-state index contributed by atoms with van der Waals surface area (Å²) in [5.41, 5.74) is 2.60. The number of H-pyrrole nitrogens is 1. The van der Waals surface area contributed by atoms with Gasteiger partial charge in [-0.1, -0.05) is 42.5 Å². The Hall–Kier alpha value is -2.99. The molecular formula is C20H22N4O2. The summed E-state index contributed by atoms with van der Waals surface area (Å²) >= 11 is 0. The Morgan fingerprint density at radius 3 is 2.42 bits per heavy atom. The first kappa shape index (κ1) is 17.8. The van der Waals surface area contributed by atoms with Crippen LogP contribution in [0.25, 0.3) is 10.8 Å². The third-order valence-electron chi connectivity index (χ3n) is 4.18. The molecule has 0 unspecified atom stereocenters. The lowest BCUT2D eigenvalue weighted by Gasteiger charge is -2.14. The average molecular weight is 350 g/mol. The van der Waals surface area contributed by atoms with Crippen molar-refractivity contribution in [2.75, 3.05) is 14.1 Å². The van der Waals surface area contributed by atoms with E-state index in [1.165, 1.54) is 5.56 Å². The summed E-state index contributed by atoms with van der Waals surface area (Å²) < 4.78 is 0. The second-order valence-corrected chi connectivity index (χ2v) is 6.51. The number of aromatic amines is 1. The van der Waals surface area contributed by atoms with Gasteiger partial charge in [0, 0.05) is 18.5 Å². The average Bonchev–Trinajstić information content (AvgIpc) is 2.63. The maximum Gasteiger partial charge on any atom is 0.272 e. The molecule has 3 rings (SSSR count). The fourth-order valence-electron chi connectivity index (χ4n) is 2.94. The predicted octanol–water partition coefficient (Wildman–Crippen LogP) is 1.84. The number of amides is 1. The van der Waals surface area contributed by atoms with Crippen molar-refractivity contribution in [2.45, 2.75) is 19.5 Å². The molecule has 0 atom stereocenters. The molecule has 0 spiro atoms. The third-order valence-corrected chi connectivity index (χ3v) is 4.18. The Balaban J connectivity index is 1.71. The van der Waals surface area contributed by atoms with Crippen LogP contribution in [0, 0.1) is 0 Å². The molecular weight excluding hydrogens is 328 g/mol. The molecule has 6 heteroatoms. The van der Waals surface area contributed by atoms with Crippen LogP contribution in [0.3, 0.4) is 0 Å². The van der Waals surface area contributed by atoms with E-state index < -0.39 is 0 Å². The van der Waals surface area contributed by atoms with Gasteiger partial charge in [0.2, 0.25) is 5.91 Å². The Kier molecular flexibility index (Phi) is 5.43. The molecule has 1 amide bonds. The largest absolute Gasteiger partial charge is 0.352 e. The molecule has 0 aliphatic heterocycles. The van der Waals surface area contributed by atoms with Gasteiger partial charge in [-0.25, -0.2) is 5.10 Å². The van der Waals surface area contributed by atoms with Gasteiger partial charge in [-0.2, -0.15) is 5.10 Å². The lowest BCUT2D eigenvalue weighted by atomic mass is 10.1. The van der Waals surface area contributed by atoms with Gasteiger partial charge >= 0.3 is 0 Å². The highest BCUT2D eigenvalue weighted by Gasteiger charge is 2.11. The zero-order valence-electron chi connectivity index (χ0n) is 15.0. The first-order chi connectivity index (χ1) is 12.5. The standard InChI is InChI=1S/C20H22N4O2/c1-24(2)13-15-8-4-3-7-14(15)12-21-19(25)11-18-16-9-5-6-10-17(16)20(26)23-22-18/h3-10H,11-13H2,1-2H3,(H,21,25)(H,23,26). The van der Waals surface area contributed by atoms with E-state index in [1.807, 2.05) is 44.4 Å². The van der Waals surface area contributed by atoms with Crippen molar-refractivity contribution in [3.8, 4) is 0 Å². The van der Waals surface area contributed by atoms with Crippen LogP contribution < -0.4 is 10.9 Å². The first-order valence-electron chi connectivity index (χ1n) is 8.49. The number of nitrogens with one attached hydrogen (secondary N) is 2. The zero-order chi connectivity index (χ0) is 18.5. The van der Waals surface area contributed by atoms with Crippen LogP contribution in [-0.4, -0.2) is 35.1 Å². The van der Waals surface area contributed by atoms with E-state index in [-0.39, 0.29) is 17.9 Å². The molecule has 0 saturated heterocycles. The normalized spacial score (nSPS) is 11.0. The molecule has 3 aromatic rings. The van der Waals surface area contributed by atoms with Gasteiger partial charge in [0.15, 0.2) is 0 Å². The number of hydrogen-bond donors (Lipinski definition) is 2. The van der Waals surface area contributed by atoms with Gasteiger partial charge in [0.25, 0.3) is 5.56 Å². The number of hydrogen-bond acceptors (Lipinski definition) is 4. The summed E-state index contributed by atoms with van der Waals surface area (Å²) in [7, 11) is 4.03. The van der Waals surface area contributed by atoms with Crippen molar-refractivity contribution in [1.29, 1.82) is 0 Å². The van der Waals surface area contributed by atoms with Crippen molar-refractivity contribution in [3.05, 3.63) is 75.7 Å². The summed E-state index contributed by atoms with van der Waals surface area (Å²) in [5, 5.41) is 10.7. The van der Waals surface area contributed by atoms with E-state index in [2.05, 4.69) is 26.5 Å². The van der Waals surface area contributed by atoms with Crippen LogP contribution in [-0.2, 0) is 24.3 Å². The van der Waals surface area contributed by atoms with Crippen LogP contribution in [0.15, 0.2) is 53.3 Å². The highest BCUT2D eigenvalue weighted by molar-refractivity contribution is 5.88. The number of carbonyl (C=O) groups excluding carboxylic acids is 1. The maximum absolute atomic E-state index is 12.4. The SMILES string of the molecule is CN(C)Cc1ccccc1CNC(=O)Cc1n[nH]c(=O)c2ccccc12. The van der Waals surface area contributed by atoms with E-state index in [0.29, 0.717) is 23.0 Å². The predicted molar refractivity (Wildman–Crippen MR) is 102 cm³/mol. The number of rotatable bonds is 6. The van der Waals surface area contributed by atoms with Gasteiger partial charge in [-0.15, -0.1) is 0 Å². The van der Waals surface area contributed by atoms with Crippen LogP contribution >= 0.6 is 0 Å². The molecule has 0 bridgehead atoms. The van der Waals surface area contributed by atoms with Gasteiger partial charge in [0.05, 0.1) is 17.5 Å². The van der Waals surface area contributed by atoms with Crippen molar-refractivity contribution in [2.24, 2.45) is 0 Å². The molecule has 0 fully saturated rings. The number of carbonyl (C=O) groups is 1. The van der Waals surface area contributed by atoms with Crippen molar-refractivity contribution in [3.63, 3.8) is 0 Å². The fraction of sp³-hybridized carbons (Fsp3) is 0.250. The molecule has 2 N–H and O–H groups in total. The quantitative estimate of drug-likeness (QED) is 0.711. The number of benzene rings is 2. The number of nitrogens with zero attached hydrogens (tertiary/aromatic N) is 2. The van der Waals surface area contributed by atoms with Gasteiger partial charge in [-0.3, -0.25) is 9.59 Å². The second-order valence-electron chi connectivity index (χ2n) is 6.51. The topological polar surface area (TPSA) is 78.1 Å². The molecule has 2 aromatic carbocycles. The van der Waals surface area contributed by atoms with Gasteiger partial charge in [-0.05, 0) is 31.3 Å². The molecule has 0 aliphatic carbocycles. The highest BCUT2D eigenvalue weighted by atomic mass is 16.1. The molecule has 0 saturated carbocycles. The minimum atomic E-state index is -0.248. The minimum absolute atomic E-state index is 0.118. The Morgan fingerprint density at radius 2 is 1.69 bits per heavy atom. The van der Waals surface area contributed by atoms with Gasteiger partial charge < -0.3 is 10.2 Å². The summed E-state index contributed by atoms with van der Waals surface area (Å²) in [4.78, 5) is 26.3. The van der Waals surface area contributed by atoms with Crippen molar-refractivity contribution < 1.29 is 4.79 Å². The van der Waals surface area contributed by atoms with Gasteiger partial charge in [0.1, 0.15) is 0 Å². The number of aromatic nitrogens is 2. The van der Waals surface area contributed by atoms with Crippen molar-refractivity contribution >= 4 is 16.7 Å². The summed E-state index contributed by atoms with van der Waals surface area (Å²) in [6, 6.07) is 15.2. The van der Waals surface area contributed by atoms with E-state index in [4.69, 9.17) is 0 Å². The minimum Gasteiger partial charge on any atom is -0.352 e. The van der Waals surface area contributed by atoms with Crippen LogP contribution in [0.4, 0.5) is 0 Å². The van der Waals surface area contributed by atoms with E-state index in [9.17, 15) is 9.59 Å². The third kappa shape index (κ3) is 4.15. The molecule has 1 heterocycles. The first-order valence-corrected chi connectivity index (χ1v) is 8.49. The van der Waals surface area contributed by atoms with E-state index in [1.54, 1.807) is 12.1 Å². The molecule has 0 aliphatic rings. The Morgan fingerprint density at radius 1 is 1.04 bits per heavy atom. The highest BCUT2D eigenvalue weighted by Crippen LogP contribution is 2.13. The monoisotopic (exact) mass is 350 g/mol. The number of fused-ring (bicyclic) bond motifs is 1. The van der Waals surface area contributed by atoms with Crippen LogP contribution in [0.2, 0.25) is 0 Å². The molecule has 134 valence electrons. The van der Waals surface area contributed by atoms with Crippen LogP contribution in [0.5, 0.6) is 0 Å². The van der Waals surface area contributed by atoms with Crippen molar-refractivity contribution in [1.82, 2.24) is 20.4 Å². The molecule has 1 aromatic heterocycles. The summed E-state index contributed by atoms with van der Waals surface area (Å²) in [6.07, 6.45) is 0.118. The zero-order valence-corrected chi connectivity index (χ0v) is 15.0.